The molecule has 1 rings (SSSR count). The maximum absolute atomic E-state index is 2.38. The van der Waals surface area contributed by atoms with Gasteiger partial charge in [-0.25, -0.2) is 0 Å². The van der Waals surface area contributed by atoms with Crippen LogP contribution in [0.4, 0.5) is 0 Å². The van der Waals surface area contributed by atoms with Crippen molar-refractivity contribution in [2.75, 3.05) is 0 Å². The van der Waals surface area contributed by atoms with Gasteiger partial charge in [-0.3, -0.25) is 0 Å². The minimum Gasteiger partial charge on any atom is -0.0625 e. The fourth-order valence-corrected chi connectivity index (χ4v) is 2.58. The summed E-state index contributed by atoms with van der Waals surface area (Å²) in [4.78, 5) is 0. The zero-order valence-corrected chi connectivity index (χ0v) is 7.02. The van der Waals surface area contributed by atoms with Crippen molar-refractivity contribution in [3.63, 3.8) is 0 Å². The van der Waals surface area contributed by atoms with Gasteiger partial charge in [-0.1, -0.05) is 27.7 Å². The standard InChI is InChI=1S/C9H18/c1-6(2)9-7(3)5-8(9)4/h6-9H,5H2,1-4H3/t7-,8-/m0/s1. The van der Waals surface area contributed by atoms with Crippen molar-refractivity contribution in [2.45, 2.75) is 34.1 Å². The minimum absolute atomic E-state index is 0.906. The van der Waals surface area contributed by atoms with Gasteiger partial charge in [0.1, 0.15) is 0 Å². The fourth-order valence-electron chi connectivity index (χ4n) is 2.58. The largest absolute Gasteiger partial charge is 0.0625 e. The van der Waals surface area contributed by atoms with Crippen LogP contribution < -0.4 is 0 Å². The second kappa shape index (κ2) is 2.32. The monoisotopic (exact) mass is 126 g/mol. The quantitative estimate of drug-likeness (QED) is 0.506. The first kappa shape index (κ1) is 7.11. The summed E-state index contributed by atoms with van der Waals surface area (Å²) in [6.07, 6.45) is 1.46. The molecule has 0 amide bonds. The van der Waals surface area contributed by atoms with E-state index in [0.29, 0.717) is 0 Å². The molecule has 0 heterocycles. The Kier molecular flexibility index (Phi) is 1.83. The molecular formula is C9H18. The van der Waals surface area contributed by atoms with Crippen molar-refractivity contribution in [3.05, 3.63) is 0 Å². The van der Waals surface area contributed by atoms with E-state index in [2.05, 4.69) is 27.7 Å². The second-order valence-corrected chi connectivity index (χ2v) is 4.01. The molecule has 0 aromatic carbocycles. The molecule has 0 unspecified atom stereocenters. The summed E-state index contributed by atoms with van der Waals surface area (Å²) in [6.45, 7) is 9.45. The number of hydrogen-bond acceptors (Lipinski definition) is 0. The van der Waals surface area contributed by atoms with Gasteiger partial charge in [0.2, 0.25) is 0 Å². The molecular weight excluding hydrogens is 108 g/mol. The summed E-state index contributed by atoms with van der Waals surface area (Å²) >= 11 is 0. The molecule has 0 aromatic rings. The average molecular weight is 126 g/mol. The van der Waals surface area contributed by atoms with Gasteiger partial charge in [0.25, 0.3) is 0 Å². The number of rotatable bonds is 1. The van der Waals surface area contributed by atoms with Crippen molar-refractivity contribution >= 4 is 0 Å². The van der Waals surface area contributed by atoms with Crippen LogP contribution in [0, 0.1) is 23.7 Å². The van der Waals surface area contributed by atoms with Gasteiger partial charge in [0, 0.05) is 0 Å². The zero-order valence-electron chi connectivity index (χ0n) is 7.02. The molecule has 54 valence electrons. The van der Waals surface area contributed by atoms with Crippen LogP contribution in [0.25, 0.3) is 0 Å². The maximum atomic E-state index is 2.38. The van der Waals surface area contributed by atoms with Crippen molar-refractivity contribution in [2.24, 2.45) is 23.7 Å². The van der Waals surface area contributed by atoms with Crippen molar-refractivity contribution < 1.29 is 0 Å². The third kappa shape index (κ3) is 1.12. The summed E-state index contributed by atoms with van der Waals surface area (Å²) in [6, 6.07) is 0. The van der Waals surface area contributed by atoms with E-state index in [1.54, 1.807) is 0 Å². The van der Waals surface area contributed by atoms with Gasteiger partial charge in [-0.15, -0.1) is 0 Å². The van der Waals surface area contributed by atoms with Crippen molar-refractivity contribution in [3.8, 4) is 0 Å². The summed E-state index contributed by atoms with van der Waals surface area (Å²) in [5, 5.41) is 0. The lowest BCUT2D eigenvalue weighted by atomic mass is 9.62. The second-order valence-electron chi connectivity index (χ2n) is 4.01. The molecule has 1 aliphatic carbocycles. The van der Waals surface area contributed by atoms with Gasteiger partial charge in [-0.05, 0) is 30.1 Å². The third-order valence-electron chi connectivity index (χ3n) is 2.83. The average Bonchev–Trinajstić information content (AvgIpc) is 1.62. The molecule has 0 bridgehead atoms. The number of hydrogen-bond donors (Lipinski definition) is 0. The van der Waals surface area contributed by atoms with Crippen LogP contribution in [-0.4, -0.2) is 0 Å². The van der Waals surface area contributed by atoms with E-state index in [4.69, 9.17) is 0 Å². The first-order valence-electron chi connectivity index (χ1n) is 4.13. The summed E-state index contributed by atoms with van der Waals surface area (Å²) in [5.41, 5.74) is 0. The molecule has 0 heteroatoms. The van der Waals surface area contributed by atoms with Crippen LogP contribution in [-0.2, 0) is 0 Å². The van der Waals surface area contributed by atoms with Crippen LogP contribution in [0.3, 0.4) is 0 Å². The fraction of sp³-hybridized carbons (Fsp3) is 1.00. The van der Waals surface area contributed by atoms with Gasteiger partial charge < -0.3 is 0 Å². The van der Waals surface area contributed by atoms with Crippen molar-refractivity contribution in [1.82, 2.24) is 0 Å². The molecule has 0 saturated heterocycles. The smallest absolute Gasteiger partial charge is 0.0339 e. The Morgan fingerprint density at radius 2 is 1.56 bits per heavy atom. The zero-order chi connectivity index (χ0) is 7.02. The van der Waals surface area contributed by atoms with Crippen LogP contribution >= 0.6 is 0 Å². The first-order valence-corrected chi connectivity index (χ1v) is 4.13. The Balaban J connectivity index is 2.39. The van der Waals surface area contributed by atoms with E-state index < -0.39 is 0 Å². The first-order chi connectivity index (χ1) is 4.13. The topological polar surface area (TPSA) is 0 Å². The SMILES string of the molecule is CC(C)C1[C@@H](C)C[C@@H]1C. The molecule has 0 radical (unpaired) electrons. The highest BCUT2D eigenvalue weighted by Gasteiger charge is 2.36. The van der Waals surface area contributed by atoms with Gasteiger partial charge >= 0.3 is 0 Å². The van der Waals surface area contributed by atoms with Gasteiger partial charge in [0.15, 0.2) is 0 Å². The molecule has 1 saturated carbocycles. The predicted molar refractivity (Wildman–Crippen MR) is 41.3 cm³/mol. The predicted octanol–water partition coefficient (Wildman–Crippen LogP) is 2.93. The highest BCUT2D eigenvalue weighted by Crippen LogP contribution is 2.43. The molecule has 1 aliphatic rings. The summed E-state index contributed by atoms with van der Waals surface area (Å²) < 4.78 is 0. The lowest BCUT2D eigenvalue weighted by Crippen LogP contribution is -2.36. The molecule has 9 heavy (non-hydrogen) atoms. The van der Waals surface area contributed by atoms with E-state index >= 15 is 0 Å². The highest BCUT2D eigenvalue weighted by atomic mass is 14.4. The molecule has 1 fully saturated rings. The molecule has 0 aliphatic heterocycles. The minimum atomic E-state index is 0.906. The Morgan fingerprint density at radius 1 is 1.11 bits per heavy atom. The Hall–Kier alpha value is 0. The maximum Gasteiger partial charge on any atom is -0.0339 e. The Morgan fingerprint density at radius 3 is 1.67 bits per heavy atom. The van der Waals surface area contributed by atoms with Crippen LogP contribution in [0.15, 0.2) is 0 Å². The normalized spacial score (nSPS) is 37.0. The molecule has 0 spiro atoms. The highest BCUT2D eigenvalue weighted by molar-refractivity contribution is 4.85. The molecule has 0 aromatic heterocycles. The molecule has 2 atom stereocenters. The lowest BCUT2D eigenvalue weighted by molar-refractivity contribution is 0.0570. The van der Waals surface area contributed by atoms with E-state index in [9.17, 15) is 0 Å². The van der Waals surface area contributed by atoms with E-state index in [-0.39, 0.29) is 0 Å². The molecule has 0 nitrogen and oxygen atoms in total. The van der Waals surface area contributed by atoms with E-state index in [0.717, 1.165) is 23.7 Å². The van der Waals surface area contributed by atoms with Gasteiger partial charge in [-0.2, -0.15) is 0 Å². The van der Waals surface area contributed by atoms with Crippen LogP contribution in [0.5, 0.6) is 0 Å². The molecule has 0 N–H and O–H groups in total. The third-order valence-corrected chi connectivity index (χ3v) is 2.83. The van der Waals surface area contributed by atoms with E-state index in [1.165, 1.54) is 6.42 Å². The Bertz CT molecular complexity index is 79.5. The summed E-state index contributed by atoms with van der Waals surface area (Å²) in [5.74, 6) is 3.92. The Labute approximate surface area is 58.7 Å². The van der Waals surface area contributed by atoms with Gasteiger partial charge in [0.05, 0.1) is 0 Å². The lowest BCUT2D eigenvalue weighted by Gasteiger charge is -2.44. The van der Waals surface area contributed by atoms with Crippen LogP contribution in [0.1, 0.15) is 34.1 Å². The van der Waals surface area contributed by atoms with Crippen molar-refractivity contribution in [1.29, 1.82) is 0 Å². The van der Waals surface area contributed by atoms with Crippen LogP contribution in [0.2, 0.25) is 0 Å². The van der Waals surface area contributed by atoms with E-state index in [1.807, 2.05) is 0 Å². The summed E-state index contributed by atoms with van der Waals surface area (Å²) in [7, 11) is 0.